The maximum absolute atomic E-state index is 3.60. The topological polar surface area (TPSA) is 15.3 Å². The van der Waals surface area contributed by atoms with E-state index in [4.69, 9.17) is 0 Å². The first-order chi connectivity index (χ1) is 7.66. The molecular weight excluding hydrogens is 196 g/mol. The van der Waals surface area contributed by atoms with Gasteiger partial charge in [-0.3, -0.25) is 0 Å². The molecule has 0 aromatic rings. The van der Waals surface area contributed by atoms with Gasteiger partial charge in [-0.1, -0.05) is 13.8 Å². The van der Waals surface area contributed by atoms with Crippen molar-refractivity contribution in [2.45, 2.75) is 58.4 Å². The zero-order chi connectivity index (χ0) is 11.4. The van der Waals surface area contributed by atoms with Crippen molar-refractivity contribution in [2.75, 3.05) is 26.2 Å². The minimum Gasteiger partial charge on any atom is -0.314 e. The molecule has 1 aliphatic heterocycles. The molecule has 0 unspecified atom stereocenters. The van der Waals surface area contributed by atoms with E-state index >= 15 is 0 Å². The summed E-state index contributed by atoms with van der Waals surface area (Å²) in [6.07, 6.45) is 8.34. The smallest absolute Gasteiger partial charge is 0.00682 e. The Balaban J connectivity index is 1.57. The van der Waals surface area contributed by atoms with Crippen molar-refractivity contribution >= 4 is 0 Å². The van der Waals surface area contributed by atoms with Gasteiger partial charge in [0.15, 0.2) is 0 Å². The lowest BCUT2D eigenvalue weighted by molar-refractivity contribution is 0.259. The quantitative estimate of drug-likeness (QED) is 0.722. The Hall–Kier alpha value is -0.0800. The van der Waals surface area contributed by atoms with E-state index in [-0.39, 0.29) is 0 Å². The third kappa shape index (κ3) is 4.42. The van der Waals surface area contributed by atoms with Crippen LogP contribution in [0, 0.1) is 5.41 Å². The molecule has 0 amide bonds. The molecule has 1 aliphatic carbocycles. The van der Waals surface area contributed by atoms with Crippen molar-refractivity contribution < 1.29 is 0 Å². The van der Waals surface area contributed by atoms with Gasteiger partial charge >= 0.3 is 0 Å². The first-order valence-electron chi connectivity index (χ1n) is 7.11. The van der Waals surface area contributed by atoms with Crippen molar-refractivity contribution in [3.8, 4) is 0 Å². The molecule has 94 valence electrons. The van der Waals surface area contributed by atoms with Gasteiger partial charge in [-0.05, 0) is 70.1 Å². The van der Waals surface area contributed by atoms with E-state index in [1.807, 2.05) is 0 Å². The summed E-state index contributed by atoms with van der Waals surface area (Å²) in [6, 6.07) is 0.878. The van der Waals surface area contributed by atoms with Gasteiger partial charge in [-0.15, -0.1) is 0 Å². The van der Waals surface area contributed by atoms with Gasteiger partial charge in [-0.2, -0.15) is 0 Å². The van der Waals surface area contributed by atoms with Gasteiger partial charge in [0.25, 0.3) is 0 Å². The van der Waals surface area contributed by atoms with Gasteiger partial charge in [0, 0.05) is 6.04 Å². The molecule has 2 nitrogen and oxygen atoms in total. The lowest BCUT2D eigenvalue weighted by Gasteiger charge is -2.23. The minimum atomic E-state index is 0.584. The summed E-state index contributed by atoms with van der Waals surface area (Å²) in [5.74, 6) is 0. The largest absolute Gasteiger partial charge is 0.314 e. The highest BCUT2D eigenvalue weighted by Gasteiger charge is 2.23. The van der Waals surface area contributed by atoms with Gasteiger partial charge in [0.1, 0.15) is 0 Å². The molecule has 0 bridgehead atoms. The van der Waals surface area contributed by atoms with Gasteiger partial charge < -0.3 is 10.2 Å². The van der Waals surface area contributed by atoms with Crippen molar-refractivity contribution in [3.63, 3.8) is 0 Å². The molecule has 2 heteroatoms. The summed E-state index contributed by atoms with van der Waals surface area (Å²) >= 11 is 0. The molecule has 1 heterocycles. The lowest BCUT2D eigenvalue weighted by atomic mass is 9.85. The van der Waals surface area contributed by atoms with Crippen molar-refractivity contribution in [1.29, 1.82) is 0 Å². The van der Waals surface area contributed by atoms with Crippen LogP contribution in [0.2, 0.25) is 0 Å². The molecular formula is C14H28N2. The second-order valence-corrected chi connectivity index (χ2v) is 6.44. The summed E-state index contributed by atoms with van der Waals surface area (Å²) in [5, 5.41) is 3.60. The number of hydrogen-bond acceptors (Lipinski definition) is 2. The monoisotopic (exact) mass is 224 g/mol. The standard InChI is InChI=1S/C14H28N2/c1-14(2)7-3-10-16(12-8-14)11-4-9-15-13-5-6-13/h13,15H,3-12H2,1-2H3. The summed E-state index contributed by atoms with van der Waals surface area (Å²) in [7, 11) is 0. The van der Waals surface area contributed by atoms with Gasteiger partial charge in [0.05, 0.1) is 0 Å². The van der Waals surface area contributed by atoms with E-state index in [9.17, 15) is 0 Å². The Kier molecular flexibility index (Phi) is 4.26. The normalized spacial score (nSPS) is 26.6. The molecule has 0 aromatic heterocycles. The highest BCUT2D eigenvalue weighted by atomic mass is 15.1. The average molecular weight is 224 g/mol. The summed E-state index contributed by atoms with van der Waals surface area (Å²) in [6.45, 7) is 10.0. The fourth-order valence-corrected chi connectivity index (χ4v) is 2.60. The van der Waals surface area contributed by atoms with Gasteiger partial charge in [0.2, 0.25) is 0 Å². The Labute approximate surface area is 101 Å². The third-order valence-corrected chi connectivity index (χ3v) is 4.09. The van der Waals surface area contributed by atoms with Crippen LogP contribution in [-0.2, 0) is 0 Å². The summed E-state index contributed by atoms with van der Waals surface area (Å²) in [4.78, 5) is 2.67. The molecule has 2 rings (SSSR count). The molecule has 1 saturated carbocycles. The van der Waals surface area contributed by atoms with Crippen molar-refractivity contribution in [1.82, 2.24) is 10.2 Å². The first kappa shape index (κ1) is 12.4. The Morgan fingerprint density at radius 1 is 1.19 bits per heavy atom. The number of nitrogens with zero attached hydrogens (tertiary/aromatic N) is 1. The second-order valence-electron chi connectivity index (χ2n) is 6.44. The minimum absolute atomic E-state index is 0.584. The number of hydrogen-bond donors (Lipinski definition) is 1. The van der Waals surface area contributed by atoms with Crippen LogP contribution in [0.25, 0.3) is 0 Å². The van der Waals surface area contributed by atoms with Crippen molar-refractivity contribution in [2.24, 2.45) is 5.41 Å². The number of rotatable bonds is 5. The van der Waals surface area contributed by atoms with E-state index in [0.29, 0.717) is 5.41 Å². The van der Waals surface area contributed by atoms with E-state index in [0.717, 1.165) is 6.04 Å². The predicted molar refractivity (Wildman–Crippen MR) is 69.7 cm³/mol. The number of nitrogens with one attached hydrogen (secondary N) is 1. The molecule has 1 N–H and O–H groups in total. The van der Waals surface area contributed by atoms with Crippen LogP contribution in [-0.4, -0.2) is 37.1 Å². The third-order valence-electron chi connectivity index (χ3n) is 4.09. The van der Waals surface area contributed by atoms with Gasteiger partial charge in [-0.25, -0.2) is 0 Å². The molecule has 0 radical (unpaired) electrons. The lowest BCUT2D eigenvalue weighted by Crippen LogP contribution is -2.29. The molecule has 2 fully saturated rings. The Morgan fingerprint density at radius 3 is 2.75 bits per heavy atom. The highest BCUT2D eigenvalue weighted by Crippen LogP contribution is 2.29. The average Bonchev–Trinajstić information content (AvgIpc) is 3.02. The van der Waals surface area contributed by atoms with Crippen molar-refractivity contribution in [3.05, 3.63) is 0 Å². The predicted octanol–water partition coefficient (Wildman–Crippen LogP) is 2.64. The van der Waals surface area contributed by atoms with E-state index in [1.54, 1.807) is 0 Å². The molecule has 2 aliphatic rings. The summed E-state index contributed by atoms with van der Waals surface area (Å²) in [5.41, 5.74) is 0.584. The van der Waals surface area contributed by atoms with Crippen LogP contribution < -0.4 is 5.32 Å². The van der Waals surface area contributed by atoms with Crippen LogP contribution >= 0.6 is 0 Å². The van der Waals surface area contributed by atoms with E-state index < -0.39 is 0 Å². The summed E-state index contributed by atoms with van der Waals surface area (Å²) < 4.78 is 0. The molecule has 1 saturated heterocycles. The zero-order valence-corrected chi connectivity index (χ0v) is 11.1. The molecule has 0 atom stereocenters. The Morgan fingerprint density at radius 2 is 2.00 bits per heavy atom. The highest BCUT2D eigenvalue weighted by molar-refractivity contribution is 4.81. The van der Waals surface area contributed by atoms with Crippen LogP contribution in [0.5, 0.6) is 0 Å². The maximum Gasteiger partial charge on any atom is 0.00682 e. The number of likely N-dealkylation sites (tertiary alicyclic amines) is 1. The van der Waals surface area contributed by atoms with Crippen LogP contribution in [0.3, 0.4) is 0 Å². The van der Waals surface area contributed by atoms with Crippen LogP contribution in [0.1, 0.15) is 52.4 Å². The maximum atomic E-state index is 3.60. The second kappa shape index (κ2) is 5.50. The first-order valence-corrected chi connectivity index (χ1v) is 7.11. The fraction of sp³-hybridized carbons (Fsp3) is 1.00. The Bertz CT molecular complexity index is 209. The SMILES string of the molecule is CC1(C)CCCN(CCCNC2CC2)CC1. The molecule has 0 spiro atoms. The fourth-order valence-electron chi connectivity index (χ4n) is 2.60. The van der Waals surface area contributed by atoms with Crippen LogP contribution in [0.15, 0.2) is 0 Å². The zero-order valence-electron chi connectivity index (χ0n) is 11.1. The molecule has 0 aromatic carbocycles. The van der Waals surface area contributed by atoms with E-state index in [1.165, 1.54) is 64.7 Å². The molecule has 16 heavy (non-hydrogen) atoms. The van der Waals surface area contributed by atoms with E-state index in [2.05, 4.69) is 24.1 Å². The van der Waals surface area contributed by atoms with Crippen LogP contribution in [0.4, 0.5) is 0 Å².